The Labute approximate surface area is 145 Å². The first kappa shape index (κ1) is 16.3. The van der Waals surface area contributed by atoms with Crippen LogP contribution in [0.15, 0.2) is 42.5 Å². The van der Waals surface area contributed by atoms with E-state index in [1.807, 2.05) is 4.40 Å². The first-order valence-corrected chi connectivity index (χ1v) is 7.84. The number of nitrogens with zero attached hydrogens (tertiary/aromatic N) is 4. The standard InChI is InChI=1S/C18H13F3N4O/c1-11-22-23-17-6-5-15-16(25(11)17)8-14(10-26)24(15)9-12-3-2-4-13(7-12)18(19,20)21/h2-8,10H,9H2,1H3. The minimum Gasteiger partial charge on any atom is -0.333 e. The van der Waals surface area contributed by atoms with Gasteiger partial charge in [0.05, 0.1) is 22.3 Å². The van der Waals surface area contributed by atoms with Gasteiger partial charge in [-0.2, -0.15) is 13.2 Å². The fraction of sp³-hybridized carbons (Fsp3) is 0.167. The van der Waals surface area contributed by atoms with E-state index >= 15 is 0 Å². The van der Waals surface area contributed by atoms with Crippen LogP contribution in [0.1, 0.15) is 27.4 Å². The number of carbonyl (C=O) groups excluding carboxylic acids is 1. The predicted octanol–water partition coefficient (Wildman–Crippen LogP) is 3.87. The molecule has 0 saturated heterocycles. The van der Waals surface area contributed by atoms with Crippen molar-refractivity contribution in [2.75, 3.05) is 0 Å². The van der Waals surface area contributed by atoms with Crippen LogP contribution in [-0.2, 0) is 12.7 Å². The summed E-state index contributed by atoms with van der Waals surface area (Å²) in [5.41, 5.74) is 2.22. The van der Waals surface area contributed by atoms with Gasteiger partial charge in [-0.15, -0.1) is 10.2 Å². The topological polar surface area (TPSA) is 52.2 Å². The zero-order chi connectivity index (χ0) is 18.5. The molecule has 0 atom stereocenters. The van der Waals surface area contributed by atoms with Crippen LogP contribution in [0.3, 0.4) is 0 Å². The maximum atomic E-state index is 12.9. The van der Waals surface area contributed by atoms with E-state index in [0.717, 1.165) is 23.2 Å². The molecule has 8 heteroatoms. The summed E-state index contributed by atoms with van der Waals surface area (Å²) in [6, 6.07) is 10.4. The van der Waals surface area contributed by atoms with E-state index < -0.39 is 11.7 Å². The van der Waals surface area contributed by atoms with Crippen molar-refractivity contribution in [3.05, 3.63) is 65.1 Å². The Morgan fingerprint density at radius 1 is 1.08 bits per heavy atom. The van der Waals surface area contributed by atoms with E-state index in [4.69, 9.17) is 0 Å². The highest BCUT2D eigenvalue weighted by atomic mass is 19.4. The van der Waals surface area contributed by atoms with Crippen LogP contribution in [0.4, 0.5) is 13.2 Å². The van der Waals surface area contributed by atoms with E-state index in [-0.39, 0.29) is 6.54 Å². The monoisotopic (exact) mass is 358 g/mol. The van der Waals surface area contributed by atoms with Gasteiger partial charge in [-0.3, -0.25) is 9.20 Å². The summed E-state index contributed by atoms with van der Waals surface area (Å²) in [6.07, 6.45) is -3.72. The molecule has 1 aromatic carbocycles. The van der Waals surface area contributed by atoms with Crippen molar-refractivity contribution in [1.82, 2.24) is 19.2 Å². The third-order valence-corrected chi connectivity index (χ3v) is 4.35. The highest BCUT2D eigenvalue weighted by Gasteiger charge is 2.30. The van der Waals surface area contributed by atoms with Crippen LogP contribution >= 0.6 is 0 Å². The molecule has 0 aliphatic rings. The lowest BCUT2D eigenvalue weighted by Crippen LogP contribution is -2.08. The van der Waals surface area contributed by atoms with Gasteiger partial charge in [0.25, 0.3) is 0 Å². The number of hydrogen-bond acceptors (Lipinski definition) is 3. The molecule has 132 valence electrons. The van der Waals surface area contributed by atoms with E-state index in [9.17, 15) is 18.0 Å². The second kappa shape index (κ2) is 5.69. The molecule has 3 aromatic heterocycles. The first-order valence-electron chi connectivity index (χ1n) is 7.84. The molecule has 0 spiro atoms. The van der Waals surface area contributed by atoms with Gasteiger partial charge >= 0.3 is 6.18 Å². The molecule has 0 unspecified atom stereocenters. The van der Waals surface area contributed by atoms with Crippen molar-refractivity contribution < 1.29 is 18.0 Å². The Hall–Kier alpha value is -3.16. The second-order valence-corrected chi connectivity index (χ2v) is 6.02. The summed E-state index contributed by atoms with van der Waals surface area (Å²) in [5.74, 6) is 0.666. The van der Waals surface area contributed by atoms with Gasteiger partial charge in [0.15, 0.2) is 11.9 Å². The normalized spacial score (nSPS) is 12.2. The van der Waals surface area contributed by atoms with Crippen molar-refractivity contribution >= 4 is 23.0 Å². The number of aromatic nitrogens is 4. The zero-order valence-corrected chi connectivity index (χ0v) is 13.7. The minimum atomic E-state index is -4.41. The molecule has 5 nitrogen and oxygen atoms in total. The van der Waals surface area contributed by atoms with E-state index in [0.29, 0.717) is 29.0 Å². The number of benzene rings is 1. The molecule has 3 heterocycles. The van der Waals surface area contributed by atoms with Crippen LogP contribution in [0, 0.1) is 6.92 Å². The van der Waals surface area contributed by atoms with Crippen molar-refractivity contribution in [3.63, 3.8) is 0 Å². The summed E-state index contributed by atoms with van der Waals surface area (Å²) in [7, 11) is 0. The molecule has 0 saturated carbocycles. The summed E-state index contributed by atoms with van der Waals surface area (Å²) in [4.78, 5) is 11.5. The first-order chi connectivity index (χ1) is 12.4. The zero-order valence-electron chi connectivity index (χ0n) is 13.7. The van der Waals surface area contributed by atoms with Gasteiger partial charge in [-0.25, -0.2) is 0 Å². The average Bonchev–Trinajstić information content (AvgIpc) is 3.15. The van der Waals surface area contributed by atoms with E-state index in [1.54, 1.807) is 35.8 Å². The molecule has 0 aliphatic carbocycles. The Kier molecular flexibility index (Phi) is 3.57. The number of halogens is 3. The molecule has 4 aromatic rings. The van der Waals surface area contributed by atoms with Gasteiger partial charge in [-0.05, 0) is 42.8 Å². The quantitative estimate of drug-likeness (QED) is 0.523. The van der Waals surface area contributed by atoms with E-state index in [1.165, 1.54) is 6.07 Å². The second-order valence-electron chi connectivity index (χ2n) is 6.02. The Morgan fingerprint density at radius 2 is 1.88 bits per heavy atom. The van der Waals surface area contributed by atoms with Gasteiger partial charge < -0.3 is 4.57 Å². The maximum Gasteiger partial charge on any atom is 0.416 e. The van der Waals surface area contributed by atoms with Crippen LogP contribution in [0.25, 0.3) is 16.7 Å². The summed E-state index contributed by atoms with van der Waals surface area (Å²) in [6.45, 7) is 1.94. The Morgan fingerprint density at radius 3 is 2.62 bits per heavy atom. The lowest BCUT2D eigenvalue weighted by molar-refractivity contribution is -0.137. The maximum absolute atomic E-state index is 12.9. The third-order valence-electron chi connectivity index (χ3n) is 4.35. The third kappa shape index (κ3) is 2.54. The molecule has 0 aliphatic heterocycles. The highest BCUT2D eigenvalue weighted by molar-refractivity contribution is 5.88. The predicted molar refractivity (Wildman–Crippen MR) is 89.2 cm³/mol. The fourth-order valence-electron chi connectivity index (χ4n) is 3.16. The van der Waals surface area contributed by atoms with Crippen molar-refractivity contribution in [3.8, 4) is 0 Å². The number of hydrogen-bond donors (Lipinski definition) is 0. The summed E-state index contributed by atoms with van der Waals surface area (Å²) >= 11 is 0. The van der Waals surface area contributed by atoms with Crippen LogP contribution in [0.5, 0.6) is 0 Å². The number of aryl methyl sites for hydroxylation is 1. The molecule has 0 bridgehead atoms. The van der Waals surface area contributed by atoms with Gasteiger partial charge in [0, 0.05) is 6.54 Å². The number of fused-ring (bicyclic) bond motifs is 3. The molecule has 4 rings (SSSR count). The number of alkyl halides is 3. The number of aldehydes is 1. The number of carbonyl (C=O) groups is 1. The molecule has 0 radical (unpaired) electrons. The lowest BCUT2D eigenvalue weighted by Gasteiger charge is -2.11. The van der Waals surface area contributed by atoms with Gasteiger partial charge in [-0.1, -0.05) is 12.1 Å². The van der Waals surface area contributed by atoms with Crippen LogP contribution in [0.2, 0.25) is 0 Å². The molecule has 26 heavy (non-hydrogen) atoms. The molecular formula is C18H13F3N4O. The summed E-state index contributed by atoms with van der Waals surface area (Å²) < 4.78 is 42.3. The molecule has 0 amide bonds. The summed E-state index contributed by atoms with van der Waals surface area (Å²) in [5, 5.41) is 8.07. The number of rotatable bonds is 3. The van der Waals surface area contributed by atoms with Crippen molar-refractivity contribution in [2.24, 2.45) is 0 Å². The average molecular weight is 358 g/mol. The van der Waals surface area contributed by atoms with Gasteiger partial charge in [0.1, 0.15) is 5.82 Å². The largest absolute Gasteiger partial charge is 0.416 e. The smallest absolute Gasteiger partial charge is 0.333 e. The Balaban J connectivity index is 1.88. The van der Waals surface area contributed by atoms with Crippen molar-refractivity contribution in [2.45, 2.75) is 19.6 Å². The minimum absolute atomic E-state index is 0.147. The van der Waals surface area contributed by atoms with Crippen LogP contribution in [-0.4, -0.2) is 25.5 Å². The van der Waals surface area contributed by atoms with E-state index in [2.05, 4.69) is 10.2 Å². The molecular weight excluding hydrogens is 345 g/mol. The SMILES string of the molecule is Cc1nnc2ccc3c(cc(C=O)n3Cc3cccc(C(F)(F)F)c3)n12. The van der Waals surface area contributed by atoms with Crippen LogP contribution < -0.4 is 0 Å². The van der Waals surface area contributed by atoms with Crippen molar-refractivity contribution in [1.29, 1.82) is 0 Å². The lowest BCUT2D eigenvalue weighted by atomic mass is 10.1. The molecule has 0 N–H and O–H groups in total. The molecule has 0 fully saturated rings. The highest BCUT2D eigenvalue weighted by Crippen LogP contribution is 2.30. The fourth-order valence-corrected chi connectivity index (χ4v) is 3.16. The van der Waals surface area contributed by atoms with Gasteiger partial charge in [0.2, 0.25) is 0 Å². The number of pyridine rings is 1. The Bertz CT molecular complexity index is 1140.